The van der Waals surface area contributed by atoms with Crippen LogP contribution in [0.3, 0.4) is 0 Å². The molecule has 0 aromatic heterocycles. The van der Waals surface area contributed by atoms with Crippen molar-refractivity contribution in [3.05, 3.63) is 11.3 Å². The van der Waals surface area contributed by atoms with Gasteiger partial charge in [0.05, 0.1) is 0 Å². The highest BCUT2D eigenvalue weighted by atomic mass is 15.2. The van der Waals surface area contributed by atoms with Crippen molar-refractivity contribution in [2.24, 2.45) is 29.2 Å². The van der Waals surface area contributed by atoms with Crippen LogP contribution in [0.15, 0.2) is 11.3 Å². The molecule has 6 rings (SSSR count). The van der Waals surface area contributed by atoms with E-state index in [0.29, 0.717) is 0 Å². The highest BCUT2D eigenvalue weighted by molar-refractivity contribution is 5.33. The summed E-state index contributed by atoms with van der Waals surface area (Å²) in [7, 11) is 0. The molecule has 0 amide bonds. The molecule has 4 N–H and O–H groups in total. The molecule has 3 heteroatoms. The van der Waals surface area contributed by atoms with Crippen molar-refractivity contribution in [2.75, 3.05) is 13.1 Å². The first kappa shape index (κ1) is 10.4. The first-order valence-corrected chi connectivity index (χ1v) is 7.19. The molecule has 1 saturated heterocycles. The van der Waals surface area contributed by atoms with E-state index >= 15 is 0 Å². The van der Waals surface area contributed by atoms with E-state index in [4.69, 9.17) is 11.5 Å². The highest BCUT2D eigenvalue weighted by Gasteiger charge is 2.49. The van der Waals surface area contributed by atoms with E-state index < -0.39 is 0 Å². The predicted molar refractivity (Wildman–Crippen MR) is 68.1 cm³/mol. The predicted octanol–water partition coefficient (Wildman–Crippen LogP) is 1.05. The molecule has 4 atom stereocenters. The zero-order chi connectivity index (χ0) is 11.6. The number of rotatable bonds is 1. The normalized spacial score (nSPS) is 48.4. The molecule has 1 aliphatic heterocycles. The Morgan fingerprint density at radius 3 is 2.12 bits per heavy atom. The fourth-order valence-corrected chi connectivity index (χ4v) is 4.86. The third-order valence-corrected chi connectivity index (χ3v) is 5.40. The van der Waals surface area contributed by atoms with Crippen molar-refractivity contribution in [1.82, 2.24) is 4.90 Å². The van der Waals surface area contributed by atoms with E-state index in [1.807, 2.05) is 5.57 Å². The number of fused-ring (bicyclic) bond motifs is 1. The van der Waals surface area contributed by atoms with Gasteiger partial charge >= 0.3 is 0 Å². The topological polar surface area (TPSA) is 55.3 Å². The van der Waals surface area contributed by atoms with Crippen molar-refractivity contribution >= 4 is 0 Å². The Kier molecular flexibility index (Phi) is 2.13. The van der Waals surface area contributed by atoms with Crippen LogP contribution in [0.5, 0.6) is 0 Å². The lowest BCUT2D eigenvalue weighted by molar-refractivity contribution is 0.0915. The molecule has 1 heterocycles. The molecule has 94 valence electrons. The van der Waals surface area contributed by atoms with E-state index in [1.54, 1.807) is 5.70 Å². The Morgan fingerprint density at radius 1 is 0.882 bits per heavy atom. The lowest BCUT2D eigenvalue weighted by Gasteiger charge is -2.56. The zero-order valence-electron chi connectivity index (χ0n) is 10.4. The summed E-state index contributed by atoms with van der Waals surface area (Å²) in [6.45, 7) is 2.08. The maximum absolute atomic E-state index is 6.12. The average molecular weight is 233 g/mol. The van der Waals surface area contributed by atoms with Gasteiger partial charge in [-0.25, -0.2) is 0 Å². The second kappa shape index (κ2) is 3.48. The summed E-state index contributed by atoms with van der Waals surface area (Å²) in [6.07, 6.45) is 6.74. The SMILES string of the molecule is N[C@@H]1C[C@H](N)CN(C2=C3C4CC(C2)CC3C4)C1. The Morgan fingerprint density at radius 2 is 1.53 bits per heavy atom. The first-order valence-electron chi connectivity index (χ1n) is 7.19. The summed E-state index contributed by atoms with van der Waals surface area (Å²) in [5, 5.41) is 0. The number of allylic oxidation sites excluding steroid dienone is 2. The molecule has 0 aromatic carbocycles. The van der Waals surface area contributed by atoms with Gasteiger partial charge in [-0.1, -0.05) is 0 Å². The fraction of sp³-hybridized carbons (Fsp3) is 0.857. The molecule has 2 unspecified atom stereocenters. The van der Waals surface area contributed by atoms with Crippen LogP contribution in [0.2, 0.25) is 0 Å². The minimum absolute atomic E-state index is 0.281. The van der Waals surface area contributed by atoms with E-state index in [2.05, 4.69) is 4.90 Å². The maximum atomic E-state index is 6.12. The third-order valence-electron chi connectivity index (χ3n) is 5.40. The number of nitrogens with two attached hydrogens (primary N) is 2. The number of piperidine rings is 1. The average Bonchev–Trinajstić information content (AvgIpc) is 2.27. The van der Waals surface area contributed by atoms with Gasteiger partial charge in [0.25, 0.3) is 0 Å². The molecular weight excluding hydrogens is 210 g/mol. The summed E-state index contributed by atoms with van der Waals surface area (Å²) in [6, 6.07) is 0.562. The molecule has 17 heavy (non-hydrogen) atoms. The molecule has 5 aliphatic carbocycles. The smallest absolute Gasteiger partial charge is 0.0328 e. The number of hydrogen-bond donors (Lipinski definition) is 2. The van der Waals surface area contributed by atoms with Crippen molar-refractivity contribution in [2.45, 2.75) is 44.2 Å². The molecule has 0 radical (unpaired) electrons. The van der Waals surface area contributed by atoms with Crippen LogP contribution >= 0.6 is 0 Å². The quantitative estimate of drug-likeness (QED) is 0.712. The van der Waals surface area contributed by atoms with Crippen molar-refractivity contribution in [3.8, 4) is 0 Å². The van der Waals surface area contributed by atoms with Crippen LogP contribution in [0, 0.1) is 17.8 Å². The lowest BCUT2D eigenvalue weighted by Crippen LogP contribution is -2.54. The summed E-state index contributed by atoms with van der Waals surface area (Å²) in [5.41, 5.74) is 15.7. The standard InChI is InChI=1S/C14H23N3/c15-11-5-12(16)7-17(6-11)13-3-8-1-9-4-10(2-8)14(9)13/h8-12H,1-7,15-16H2/t8?,9?,10?,11-,12+. The fourth-order valence-electron chi connectivity index (χ4n) is 4.86. The van der Waals surface area contributed by atoms with Gasteiger partial charge in [0.15, 0.2) is 0 Å². The number of likely N-dealkylation sites (tertiary alicyclic amines) is 1. The molecule has 3 saturated carbocycles. The minimum atomic E-state index is 0.281. The Labute approximate surface area is 103 Å². The molecule has 4 fully saturated rings. The zero-order valence-corrected chi connectivity index (χ0v) is 10.4. The second-order valence-electron chi connectivity index (χ2n) is 6.73. The third kappa shape index (κ3) is 1.48. The summed E-state index contributed by atoms with van der Waals surface area (Å²) < 4.78 is 0. The Hall–Kier alpha value is -0.540. The number of hydrogen-bond acceptors (Lipinski definition) is 3. The van der Waals surface area contributed by atoms with E-state index in [9.17, 15) is 0 Å². The number of nitrogens with zero attached hydrogens (tertiary/aromatic N) is 1. The Balaban J connectivity index is 1.63. The van der Waals surface area contributed by atoms with Gasteiger partial charge in [-0.2, -0.15) is 0 Å². The van der Waals surface area contributed by atoms with Gasteiger partial charge in [0.1, 0.15) is 0 Å². The largest absolute Gasteiger partial charge is 0.372 e. The van der Waals surface area contributed by atoms with Crippen LogP contribution in [0.25, 0.3) is 0 Å². The van der Waals surface area contributed by atoms with Gasteiger partial charge in [0.2, 0.25) is 0 Å². The molecule has 6 aliphatic rings. The van der Waals surface area contributed by atoms with Crippen LogP contribution in [0.1, 0.15) is 32.1 Å². The van der Waals surface area contributed by atoms with Gasteiger partial charge in [0, 0.05) is 30.9 Å². The van der Waals surface area contributed by atoms with Crippen LogP contribution in [-0.2, 0) is 0 Å². The van der Waals surface area contributed by atoms with E-state index in [1.165, 1.54) is 25.7 Å². The summed E-state index contributed by atoms with van der Waals surface area (Å²) in [4.78, 5) is 2.54. The highest BCUT2D eigenvalue weighted by Crippen LogP contribution is 2.59. The van der Waals surface area contributed by atoms with Gasteiger partial charge < -0.3 is 16.4 Å². The van der Waals surface area contributed by atoms with Crippen LogP contribution in [0.4, 0.5) is 0 Å². The van der Waals surface area contributed by atoms with E-state index in [-0.39, 0.29) is 12.1 Å². The van der Waals surface area contributed by atoms with Crippen LogP contribution in [-0.4, -0.2) is 30.1 Å². The van der Waals surface area contributed by atoms with Gasteiger partial charge in [-0.05, 0) is 55.4 Å². The van der Waals surface area contributed by atoms with Crippen molar-refractivity contribution < 1.29 is 0 Å². The van der Waals surface area contributed by atoms with Crippen molar-refractivity contribution in [3.63, 3.8) is 0 Å². The van der Waals surface area contributed by atoms with Crippen LogP contribution < -0.4 is 11.5 Å². The Bertz CT molecular complexity index is 352. The van der Waals surface area contributed by atoms with Gasteiger partial charge in [-0.15, -0.1) is 0 Å². The minimum Gasteiger partial charge on any atom is -0.372 e. The molecule has 4 bridgehead atoms. The molecular formula is C14H23N3. The second-order valence-corrected chi connectivity index (χ2v) is 6.73. The summed E-state index contributed by atoms with van der Waals surface area (Å²) >= 11 is 0. The van der Waals surface area contributed by atoms with Gasteiger partial charge in [-0.3, -0.25) is 0 Å². The summed E-state index contributed by atoms with van der Waals surface area (Å²) in [5.74, 6) is 2.86. The monoisotopic (exact) mass is 233 g/mol. The van der Waals surface area contributed by atoms with Crippen molar-refractivity contribution in [1.29, 1.82) is 0 Å². The maximum Gasteiger partial charge on any atom is 0.0328 e. The molecule has 0 spiro atoms. The molecule has 3 nitrogen and oxygen atoms in total. The lowest BCUT2D eigenvalue weighted by atomic mass is 9.52. The molecule has 0 aromatic rings. The van der Waals surface area contributed by atoms with E-state index in [0.717, 1.165) is 37.3 Å². The first-order chi connectivity index (χ1) is 8.20.